The van der Waals surface area contributed by atoms with Crippen molar-refractivity contribution in [2.45, 2.75) is 12.1 Å². The van der Waals surface area contributed by atoms with Crippen LogP contribution in [0.15, 0.2) is 58.6 Å². The molecule has 0 unspecified atom stereocenters. The first-order chi connectivity index (χ1) is 13.1. The van der Waals surface area contributed by atoms with Gasteiger partial charge in [-0.15, -0.1) is 5.10 Å². The van der Waals surface area contributed by atoms with Crippen LogP contribution in [0.4, 0.5) is 0 Å². The average molecular weight is 402 g/mol. The van der Waals surface area contributed by atoms with Gasteiger partial charge in [0.1, 0.15) is 10.7 Å². The van der Waals surface area contributed by atoms with Crippen molar-refractivity contribution in [2.75, 3.05) is 6.61 Å². The van der Waals surface area contributed by atoms with Crippen LogP contribution >= 0.6 is 23.4 Å². The molecule has 0 aliphatic heterocycles. The molecule has 0 atom stereocenters. The van der Waals surface area contributed by atoms with E-state index in [9.17, 15) is 9.90 Å². The molecule has 0 saturated heterocycles. The van der Waals surface area contributed by atoms with Crippen LogP contribution in [-0.4, -0.2) is 32.9 Å². The molecular formula is C19H16ClN3O3S. The van der Waals surface area contributed by atoms with Crippen LogP contribution in [0.2, 0.25) is 5.02 Å². The second kappa shape index (κ2) is 8.75. The lowest BCUT2D eigenvalue weighted by Crippen LogP contribution is -1.99. The summed E-state index contributed by atoms with van der Waals surface area (Å²) in [6.07, 6.45) is 1.55. The number of para-hydroxylation sites is 1. The minimum atomic E-state index is -1.07. The van der Waals surface area contributed by atoms with E-state index in [0.29, 0.717) is 33.9 Å². The number of nitrogens with zero attached hydrogens (tertiary/aromatic N) is 2. The number of benzene rings is 2. The van der Waals surface area contributed by atoms with E-state index in [1.54, 1.807) is 30.3 Å². The summed E-state index contributed by atoms with van der Waals surface area (Å²) in [6.45, 7) is 2.37. The van der Waals surface area contributed by atoms with Gasteiger partial charge >= 0.3 is 5.97 Å². The molecule has 0 amide bonds. The number of hydrogen-bond acceptors (Lipinski definition) is 5. The fourth-order valence-electron chi connectivity index (χ4n) is 2.29. The number of ether oxygens (including phenoxy) is 1. The number of aromatic amines is 1. The molecule has 3 rings (SSSR count). The predicted molar refractivity (Wildman–Crippen MR) is 106 cm³/mol. The van der Waals surface area contributed by atoms with Gasteiger partial charge in [0.05, 0.1) is 6.61 Å². The fourth-order valence-corrected chi connectivity index (χ4v) is 3.11. The van der Waals surface area contributed by atoms with Crippen LogP contribution in [0.25, 0.3) is 17.5 Å². The minimum absolute atomic E-state index is 0.0869. The molecule has 0 bridgehead atoms. The minimum Gasteiger partial charge on any atom is -0.493 e. The molecule has 0 aliphatic carbocycles. The van der Waals surface area contributed by atoms with Crippen LogP contribution in [0, 0.1) is 0 Å². The Kier molecular flexibility index (Phi) is 6.16. The number of rotatable bonds is 7. The highest BCUT2D eigenvalue weighted by Crippen LogP contribution is 2.30. The Hall–Kier alpha value is -2.77. The summed E-state index contributed by atoms with van der Waals surface area (Å²) < 4.78 is 5.54. The third-order valence-electron chi connectivity index (χ3n) is 3.50. The number of hydrogen-bond donors (Lipinski definition) is 2. The van der Waals surface area contributed by atoms with E-state index in [0.717, 1.165) is 17.3 Å². The molecule has 0 saturated carbocycles. The summed E-state index contributed by atoms with van der Waals surface area (Å²) in [5, 5.41) is 17.4. The highest BCUT2D eigenvalue weighted by molar-refractivity contribution is 8.04. The molecule has 0 radical (unpaired) electrons. The summed E-state index contributed by atoms with van der Waals surface area (Å²) in [5.41, 5.74) is 1.49. The lowest BCUT2D eigenvalue weighted by molar-refractivity contribution is -0.131. The summed E-state index contributed by atoms with van der Waals surface area (Å²) >= 11 is 6.85. The van der Waals surface area contributed by atoms with E-state index in [1.165, 1.54) is 0 Å². The number of thioether (sulfide) groups is 1. The zero-order chi connectivity index (χ0) is 19.2. The first-order valence-electron chi connectivity index (χ1n) is 8.10. The number of halogens is 1. The zero-order valence-electron chi connectivity index (χ0n) is 14.3. The van der Waals surface area contributed by atoms with Crippen molar-refractivity contribution in [3.8, 4) is 17.1 Å². The van der Waals surface area contributed by atoms with E-state index in [1.807, 2.05) is 31.2 Å². The molecule has 27 heavy (non-hydrogen) atoms. The summed E-state index contributed by atoms with van der Waals surface area (Å²) in [5.74, 6) is 0.0916. The Morgan fingerprint density at radius 2 is 2.00 bits per heavy atom. The van der Waals surface area contributed by atoms with Crippen molar-refractivity contribution >= 4 is 35.4 Å². The molecular weight excluding hydrogens is 386 g/mol. The van der Waals surface area contributed by atoms with Gasteiger partial charge in [0.25, 0.3) is 0 Å². The first kappa shape index (κ1) is 19.0. The summed E-state index contributed by atoms with van der Waals surface area (Å²) in [4.78, 5) is 16.1. The first-order valence-corrected chi connectivity index (χ1v) is 9.29. The van der Waals surface area contributed by atoms with E-state index in [4.69, 9.17) is 16.3 Å². The third kappa shape index (κ3) is 4.90. The summed E-state index contributed by atoms with van der Waals surface area (Å²) in [7, 11) is 0. The number of carboxylic acid groups (broad SMARTS) is 1. The number of H-pyrrole nitrogens is 1. The molecule has 0 aliphatic rings. The van der Waals surface area contributed by atoms with E-state index < -0.39 is 5.97 Å². The lowest BCUT2D eigenvalue weighted by Gasteiger charge is -2.07. The van der Waals surface area contributed by atoms with Crippen LogP contribution in [0.1, 0.15) is 12.5 Å². The van der Waals surface area contributed by atoms with Crippen molar-refractivity contribution in [2.24, 2.45) is 0 Å². The van der Waals surface area contributed by atoms with Gasteiger partial charge in [-0.3, -0.25) is 5.10 Å². The van der Waals surface area contributed by atoms with E-state index in [2.05, 4.69) is 15.2 Å². The highest BCUT2D eigenvalue weighted by atomic mass is 35.5. The van der Waals surface area contributed by atoms with Gasteiger partial charge in [-0.05, 0) is 55.1 Å². The molecule has 0 fully saturated rings. The van der Waals surface area contributed by atoms with Crippen molar-refractivity contribution in [1.29, 1.82) is 0 Å². The number of nitrogens with one attached hydrogen (secondary N) is 1. The van der Waals surface area contributed by atoms with Crippen LogP contribution < -0.4 is 4.74 Å². The molecule has 2 aromatic carbocycles. The molecule has 2 N–H and O–H groups in total. The number of carboxylic acids is 1. The molecule has 138 valence electrons. The molecule has 6 nitrogen and oxygen atoms in total. The SMILES string of the molecule is CCOc1ccccc1/C=C(\Sc1n[nH]c(-c2ccc(Cl)cc2)n1)C(=O)O. The van der Waals surface area contributed by atoms with Gasteiger partial charge in [-0.2, -0.15) is 0 Å². The lowest BCUT2D eigenvalue weighted by atomic mass is 10.2. The van der Waals surface area contributed by atoms with Crippen molar-refractivity contribution in [3.63, 3.8) is 0 Å². The standard InChI is InChI=1S/C19H16ClN3O3S/c1-2-26-15-6-4-3-5-13(15)11-16(18(24)25)27-19-21-17(22-23-19)12-7-9-14(20)10-8-12/h3-11H,2H2,1H3,(H,24,25)(H,21,22,23)/b16-11-. The number of aliphatic carboxylic acids is 1. The van der Waals surface area contributed by atoms with Crippen LogP contribution in [-0.2, 0) is 4.79 Å². The Bertz CT molecular complexity index is 970. The van der Waals surface area contributed by atoms with Crippen LogP contribution in [0.5, 0.6) is 5.75 Å². The monoisotopic (exact) mass is 401 g/mol. The number of carbonyl (C=O) groups is 1. The number of aromatic nitrogens is 3. The predicted octanol–water partition coefficient (Wildman–Crippen LogP) is 4.74. The third-order valence-corrected chi connectivity index (χ3v) is 4.63. The quantitative estimate of drug-likeness (QED) is 0.439. The van der Waals surface area contributed by atoms with Crippen molar-refractivity contribution in [3.05, 3.63) is 64.0 Å². The highest BCUT2D eigenvalue weighted by Gasteiger charge is 2.15. The Morgan fingerprint density at radius 3 is 2.70 bits per heavy atom. The maximum absolute atomic E-state index is 11.7. The molecule has 1 aromatic heterocycles. The Balaban J connectivity index is 1.85. The van der Waals surface area contributed by atoms with Gasteiger partial charge in [0.15, 0.2) is 5.82 Å². The molecule has 0 spiro atoms. The Labute approximate surface area is 165 Å². The fraction of sp³-hybridized carbons (Fsp3) is 0.105. The van der Waals surface area contributed by atoms with Gasteiger partial charge in [-0.25, -0.2) is 9.78 Å². The van der Waals surface area contributed by atoms with Gasteiger partial charge in [0, 0.05) is 16.1 Å². The van der Waals surface area contributed by atoms with Crippen molar-refractivity contribution in [1.82, 2.24) is 15.2 Å². The molecule has 8 heteroatoms. The van der Waals surface area contributed by atoms with E-state index >= 15 is 0 Å². The molecule has 1 heterocycles. The topological polar surface area (TPSA) is 88.1 Å². The second-order valence-electron chi connectivity index (χ2n) is 5.36. The largest absolute Gasteiger partial charge is 0.493 e. The maximum Gasteiger partial charge on any atom is 0.342 e. The smallest absolute Gasteiger partial charge is 0.342 e. The van der Waals surface area contributed by atoms with Gasteiger partial charge in [-0.1, -0.05) is 29.8 Å². The Morgan fingerprint density at radius 1 is 1.26 bits per heavy atom. The van der Waals surface area contributed by atoms with Crippen LogP contribution in [0.3, 0.4) is 0 Å². The molecule has 3 aromatic rings. The normalized spacial score (nSPS) is 11.4. The zero-order valence-corrected chi connectivity index (χ0v) is 15.9. The maximum atomic E-state index is 11.7. The van der Waals surface area contributed by atoms with Crippen molar-refractivity contribution < 1.29 is 14.6 Å². The average Bonchev–Trinajstić information content (AvgIpc) is 3.12. The second-order valence-corrected chi connectivity index (χ2v) is 6.81. The van der Waals surface area contributed by atoms with E-state index in [-0.39, 0.29) is 4.91 Å². The van der Waals surface area contributed by atoms with Gasteiger partial charge < -0.3 is 9.84 Å². The summed E-state index contributed by atoms with van der Waals surface area (Å²) in [6, 6.07) is 14.4. The van der Waals surface area contributed by atoms with Gasteiger partial charge in [0.2, 0.25) is 5.16 Å².